The summed E-state index contributed by atoms with van der Waals surface area (Å²) < 4.78 is 24.2. The molecule has 0 bridgehead atoms. The highest BCUT2D eigenvalue weighted by Crippen LogP contribution is 2.34. The number of aryl methyl sites for hydroxylation is 3. The first-order valence-electron chi connectivity index (χ1n) is 8.84. The quantitative estimate of drug-likeness (QED) is 0.520. The smallest absolute Gasteiger partial charge is 0.340 e. The van der Waals surface area contributed by atoms with Gasteiger partial charge in [-0.2, -0.15) is 0 Å². The third-order valence-electron chi connectivity index (χ3n) is 4.93. The highest BCUT2D eigenvalue weighted by Gasteiger charge is 2.20. The summed E-state index contributed by atoms with van der Waals surface area (Å²) in [6, 6.07) is 7.24. The molecule has 5 nitrogen and oxygen atoms in total. The van der Waals surface area contributed by atoms with Gasteiger partial charge in [0.2, 0.25) is 5.91 Å². The van der Waals surface area contributed by atoms with E-state index in [1.165, 1.54) is 24.3 Å². The number of hydrogen-bond donors (Lipinski definition) is 1. The first-order valence-corrected chi connectivity index (χ1v) is 8.84. The summed E-state index contributed by atoms with van der Waals surface area (Å²) in [5.74, 6) is -0.780. The third-order valence-corrected chi connectivity index (χ3v) is 4.93. The maximum absolute atomic E-state index is 13.0. The molecule has 28 heavy (non-hydrogen) atoms. The first kappa shape index (κ1) is 18.0. The average Bonchev–Trinajstić information content (AvgIpc) is 3.02. The number of carbonyl (C=O) groups is 1. The summed E-state index contributed by atoms with van der Waals surface area (Å²) in [7, 11) is 0. The van der Waals surface area contributed by atoms with Gasteiger partial charge in [0.15, 0.2) is 0 Å². The Labute approximate surface area is 159 Å². The Morgan fingerprint density at radius 2 is 1.79 bits per heavy atom. The van der Waals surface area contributed by atoms with E-state index in [9.17, 15) is 14.0 Å². The fourth-order valence-electron chi connectivity index (χ4n) is 3.58. The number of nitrogens with one attached hydrogen (secondary N) is 1. The van der Waals surface area contributed by atoms with Crippen LogP contribution in [0.5, 0.6) is 0 Å². The number of fused-ring (bicyclic) bond motifs is 3. The zero-order valence-electron chi connectivity index (χ0n) is 15.7. The topological polar surface area (TPSA) is 72.5 Å². The largest absolute Gasteiger partial charge is 0.463 e. The molecule has 4 aromatic rings. The van der Waals surface area contributed by atoms with Crippen LogP contribution < -0.4 is 10.9 Å². The summed E-state index contributed by atoms with van der Waals surface area (Å²) in [5.41, 5.74) is 3.86. The molecule has 0 spiro atoms. The normalized spacial score (nSPS) is 11.3. The van der Waals surface area contributed by atoms with Crippen molar-refractivity contribution in [3.8, 4) is 0 Å². The summed E-state index contributed by atoms with van der Waals surface area (Å²) >= 11 is 0. The third kappa shape index (κ3) is 2.97. The van der Waals surface area contributed by atoms with Crippen molar-refractivity contribution in [3.05, 3.63) is 75.1 Å². The number of benzene rings is 2. The molecule has 0 saturated carbocycles. The Kier molecular flexibility index (Phi) is 4.26. The number of hydrogen-bond acceptors (Lipinski definition) is 4. The van der Waals surface area contributed by atoms with E-state index in [0.29, 0.717) is 27.8 Å². The zero-order chi connectivity index (χ0) is 20.0. The average molecular weight is 379 g/mol. The summed E-state index contributed by atoms with van der Waals surface area (Å²) in [6.07, 6.45) is 1.51. The molecule has 1 N–H and O–H groups in total. The molecular weight excluding hydrogens is 361 g/mol. The fourth-order valence-corrected chi connectivity index (χ4v) is 3.58. The van der Waals surface area contributed by atoms with Crippen molar-refractivity contribution in [2.75, 3.05) is 5.32 Å². The maximum Gasteiger partial charge on any atom is 0.340 e. The standard InChI is InChI=1S/C22H18FNO4/c1-11-8-17-20(21-19(11)12(2)10-27-21)13(3)16(22(26)28-17)9-18(25)24-15-6-4-14(23)5-7-15/h4-8,10H,9H2,1-3H3,(H,24,25). The predicted octanol–water partition coefficient (Wildman–Crippen LogP) is 4.78. The molecule has 6 heteroatoms. The lowest BCUT2D eigenvalue weighted by atomic mass is 9.99. The molecule has 2 aromatic carbocycles. The van der Waals surface area contributed by atoms with Gasteiger partial charge in [-0.25, -0.2) is 9.18 Å². The van der Waals surface area contributed by atoms with E-state index in [1.807, 2.05) is 19.9 Å². The first-order chi connectivity index (χ1) is 13.3. The van der Waals surface area contributed by atoms with Crippen LogP contribution in [-0.2, 0) is 11.2 Å². The van der Waals surface area contributed by atoms with E-state index < -0.39 is 11.4 Å². The second-order valence-corrected chi connectivity index (χ2v) is 6.91. The number of amides is 1. The Morgan fingerprint density at radius 1 is 1.07 bits per heavy atom. The minimum atomic E-state index is -0.554. The van der Waals surface area contributed by atoms with Crippen LogP contribution in [0.4, 0.5) is 10.1 Å². The number of rotatable bonds is 3. The van der Waals surface area contributed by atoms with E-state index in [1.54, 1.807) is 13.2 Å². The molecule has 0 saturated heterocycles. The van der Waals surface area contributed by atoms with E-state index in [2.05, 4.69) is 5.32 Å². The number of furan rings is 1. The van der Waals surface area contributed by atoms with Gasteiger partial charge in [-0.05, 0) is 67.8 Å². The van der Waals surface area contributed by atoms with Crippen molar-refractivity contribution in [2.45, 2.75) is 27.2 Å². The molecule has 0 radical (unpaired) electrons. The molecule has 0 aliphatic heterocycles. The number of halogens is 1. The van der Waals surface area contributed by atoms with Crippen LogP contribution in [0.3, 0.4) is 0 Å². The monoisotopic (exact) mass is 379 g/mol. The summed E-state index contributed by atoms with van der Waals surface area (Å²) in [5, 5.41) is 4.33. The Hall–Kier alpha value is -3.41. The molecule has 0 aliphatic carbocycles. The number of carbonyl (C=O) groups excluding carboxylic acids is 1. The van der Waals surface area contributed by atoms with Gasteiger partial charge in [0, 0.05) is 11.1 Å². The fraction of sp³-hybridized carbons (Fsp3) is 0.182. The summed E-state index contributed by atoms with van der Waals surface area (Å²) in [4.78, 5) is 24.9. The van der Waals surface area contributed by atoms with Crippen LogP contribution in [0.2, 0.25) is 0 Å². The van der Waals surface area contributed by atoms with E-state index in [0.717, 1.165) is 16.5 Å². The van der Waals surface area contributed by atoms with Gasteiger partial charge in [0.25, 0.3) is 0 Å². The predicted molar refractivity (Wildman–Crippen MR) is 105 cm³/mol. The van der Waals surface area contributed by atoms with Crippen molar-refractivity contribution in [3.63, 3.8) is 0 Å². The van der Waals surface area contributed by atoms with Gasteiger partial charge in [-0.1, -0.05) is 0 Å². The molecule has 142 valence electrons. The Bertz CT molecular complexity index is 1280. The number of anilines is 1. The molecule has 0 fully saturated rings. The van der Waals surface area contributed by atoms with Crippen molar-refractivity contribution < 1.29 is 18.0 Å². The van der Waals surface area contributed by atoms with Crippen molar-refractivity contribution in [1.82, 2.24) is 0 Å². The van der Waals surface area contributed by atoms with Gasteiger partial charge < -0.3 is 14.2 Å². The highest BCUT2D eigenvalue weighted by molar-refractivity contribution is 6.07. The van der Waals surface area contributed by atoms with E-state index in [4.69, 9.17) is 8.83 Å². The van der Waals surface area contributed by atoms with Crippen LogP contribution in [0.15, 0.2) is 50.2 Å². The van der Waals surface area contributed by atoms with E-state index >= 15 is 0 Å². The molecular formula is C22H18FNO4. The zero-order valence-corrected chi connectivity index (χ0v) is 15.7. The summed E-state index contributed by atoms with van der Waals surface area (Å²) in [6.45, 7) is 5.67. The lowest BCUT2D eigenvalue weighted by Crippen LogP contribution is -2.20. The minimum absolute atomic E-state index is 0.156. The molecule has 1 amide bonds. The Morgan fingerprint density at radius 3 is 2.50 bits per heavy atom. The minimum Gasteiger partial charge on any atom is -0.463 e. The Balaban J connectivity index is 1.78. The second-order valence-electron chi connectivity index (χ2n) is 6.91. The van der Waals surface area contributed by atoms with E-state index in [-0.39, 0.29) is 17.9 Å². The van der Waals surface area contributed by atoms with Crippen molar-refractivity contribution in [1.29, 1.82) is 0 Å². The van der Waals surface area contributed by atoms with Gasteiger partial charge in [0.05, 0.1) is 23.6 Å². The molecule has 0 unspecified atom stereocenters. The van der Waals surface area contributed by atoms with Gasteiger partial charge >= 0.3 is 5.63 Å². The second kappa shape index (κ2) is 6.64. The lowest BCUT2D eigenvalue weighted by molar-refractivity contribution is -0.115. The molecule has 2 heterocycles. The van der Waals surface area contributed by atoms with Crippen LogP contribution in [0.25, 0.3) is 21.9 Å². The molecule has 0 aliphatic rings. The highest BCUT2D eigenvalue weighted by atomic mass is 19.1. The van der Waals surface area contributed by atoms with Crippen LogP contribution in [0, 0.1) is 26.6 Å². The lowest BCUT2D eigenvalue weighted by Gasteiger charge is -2.10. The SMILES string of the molecule is Cc1coc2c1c(C)cc1oc(=O)c(CC(=O)Nc3ccc(F)cc3)c(C)c12. The van der Waals surface area contributed by atoms with Gasteiger partial charge in [-0.15, -0.1) is 0 Å². The molecule has 2 aromatic heterocycles. The van der Waals surface area contributed by atoms with Gasteiger partial charge in [-0.3, -0.25) is 4.79 Å². The van der Waals surface area contributed by atoms with Crippen molar-refractivity contribution >= 4 is 33.5 Å². The van der Waals surface area contributed by atoms with Crippen LogP contribution >= 0.6 is 0 Å². The van der Waals surface area contributed by atoms with Crippen LogP contribution in [0.1, 0.15) is 22.3 Å². The van der Waals surface area contributed by atoms with Crippen molar-refractivity contribution in [2.24, 2.45) is 0 Å². The molecule has 4 rings (SSSR count). The van der Waals surface area contributed by atoms with Gasteiger partial charge in [0.1, 0.15) is 17.0 Å². The maximum atomic E-state index is 13.0. The van der Waals surface area contributed by atoms with Crippen LogP contribution in [-0.4, -0.2) is 5.91 Å². The molecule has 0 atom stereocenters.